The highest BCUT2D eigenvalue weighted by atomic mass is 35.5. The number of hydrogen-bond donors (Lipinski definition) is 4. The van der Waals surface area contributed by atoms with Gasteiger partial charge in [-0.25, -0.2) is 17.5 Å². The maximum atomic E-state index is 15.8. The molecule has 2 aromatic rings. The SMILES string of the molecule is CC(C)(C)C[C@H]1N[C@@H](C(=O)N[C@H]2C[C@@](C)(NS(C)(=O)=O)C2)[C@H](c2cccc(Cl)c2F)[C@@]12C(=O)Nc1cc(Cl)ccc12. The molecule has 41 heavy (non-hydrogen) atoms. The molecule has 1 saturated carbocycles. The number of carbonyl (C=O) groups is 2. The fourth-order valence-corrected chi connectivity index (χ4v) is 8.52. The third kappa shape index (κ3) is 5.49. The maximum absolute atomic E-state index is 15.8. The summed E-state index contributed by atoms with van der Waals surface area (Å²) in [5.74, 6) is -2.37. The van der Waals surface area contributed by atoms with E-state index in [2.05, 4.69) is 20.7 Å². The molecule has 222 valence electrons. The topological polar surface area (TPSA) is 116 Å². The van der Waals surface area contributed by atoms with Crippen molar-refractivity contribution in [1.82, 2.24) is 15.4 Å². The van der Waals surface area contributed by atoms with Crippen LogP contribution in [-0.2, 0) is 25.0 Å². The highest BCUT2D eigenvalue weighted by molar-refractivity contribution is 7.88. The molecule has 4 atom stereocenters. The van der Waals surface area contributed by atoms with Crippen LogP contribution in [0.4, 0.5) is 10.1 Å². The van der Waals surface area contributed by atoms with Gasteiger partial charge in [0.2, 0.25) is 21.8 Å². The monoisotopic (exact) mass is 624 g/mol. The zero-order chi connectivity index (χ0) is 30.1. The van der Waals surface area contributed by atoms with Gasteiger partial charge in [-0.2, -0.15) is 0 Å². The average Bonchev–Trinajstić information content (AvgIpc) is 3.27. The zero-order valence-electron chi connectivity index (χ0n) is 23.6. The van der Waals surface area contributed by atoms with Gasteiger partial charge in [-0.15, -0.1) is 0 Å². The van der Waals surface area contributed by atoms with E-state index in [4.69, 9.17) is 23.2 Å². The molecule has 0 unspecified atom stereocenters. The summed E-state index contributed by atoms with van der Waals surface area (Å²) >= 11 is 12.5. The van der Waals surface area contributed by atoms with E-state index in [9.17, 15) is 18.0 Å². The Morgan fingerprint density at radius 2 is 1.85 bits per heavy atom. The van der Waals surface area contributed by atoms with Crippen LogP contribution in [0.1, 0.15) is 64.0 Å². The van der Waals surface area contributed by atoms with Crippen molar-refractivity contribution in [3.63, 3.8) is 0 Å². The van der Waals surface area contributed by atoms with Crippen molar-refractivity contribution in [3.8, 4) is 0 Å². The van der Waals surface area contributed by atoms with Gasteiger partial charge in [0.1, 0.15) is 11.2 Å². The van der Waals surface area contributed by atoms with Crippen molar-refractivity contribution in [2.75, 3.05) is 11.6 Å². The second-order valence-corrected chi connectivity index (χ2v) is 15.7. The number of anilines is 1. The summed E-state index contributed by atoms with van der Waals surface area (Å²) in [5, 5.41) is 9.77. The number of amides is 2. The van der Waals surface area contributed by atoms with Crippen molar-refractivity contribution in [1.29, 1.82) is 0 Å². The Labute approximate surface area is 250 Å². The molecule has 0 aromatic heterocycles. The molecule has 0 bridgehead atoms. The number of hydrogen-bond acceptors (Lipinski definition) is 5. The van der Waals surface area contributed by atoms with Gasteiger partial charge in [0, 0.05) is 34.3 Å². The van der Waals surface area contributed by atoms with E-state index in [1.807, 2.05) is 20.8 Å². The molecule has 2 aliphatic heterocycles. The summed E-state index contributed by atoms with van der Waals surface area (Å²) in [6.07, 6.45) is 2.40. The maximum Gasteiger partial charge on any atom is 0.238 e. The highest BCUT2D eigenvalue weighted by Crippen LogP contribution is 2.57. The van der Waals surface area contributed by atoms with E-state index in [0.29, 0.717) is 35.5 Å². The van der Waals surface area contributed by atoms with Gasteiger partial charge in [0.05, 0.1) is 17.3 Å². The van der Waals surface area contributed by atoms with Gasteiger partial charge in [-0.1, -0.05) is 62.2 Å². The van der Waals surface area contributed by atoms with E-state index >= 15 is 4.39 Å². The molecule has 2 amide bonds. The first-order valence-electron chi connectivity index (χ1n) is 13.5. The van der Waals surface area contributed by atoms with Crippen LogP contribution in [0, 0.1) is 11.2 Å². The molecule has 1 spiro atoms. The molecule has 2 heterocycles. The number of benzene rings is 2. The third-order valence-electron chi connectivity index (χ3n) is 8.39. The summed E-state index contributed by atoms with van der Waals surface area (Å²) in [6, 6.07) is 7.94. The molecule has 3 aliphatic rings. The Kier molecular flexibility index (Phi) is 7.51. The van der Waals surface area contributed by atoms with Gasteiger partial charge in [0.15, 0.2) is 0 Å². The Hall–Kier alpha value is -2.24. The summed E-state index contributed by atoms with van der Waals surface area (Å²) in [7, 11) is -3.42. The second kappa shape index (κ2) is 10.2. The predicted molar refractivity (Wildman–Crippen MR) is 158 cm³/mol. The molecule has 1 aliphatic carbocycles. The Balaban J connectivity index is 1.60. The minimum Gasteiger partial charge on any atom is -0.352 e. The predicted octanol–water partition coefficient (Wildman–Crippen LogP) is 4.47. The molecule has 1 saturated heterocycles. The standard InChI is InChI=1S/C29H35Cl2FN4O4S/c1-27(2,3)14-21-29(18-10-9-15(30)11-20(18)34-26(29)38)22(17-7-6-8-19(31)23(17)32)24(35-21)25(37)33-16-12-28(4,13-16)36-41(5,39)40/h6-11,16,21-22,24,35-36H,12-14H2,1-5H3,(H,33,37)(H,34,38)/t16-,21-,22+,24-,28+,29+/m1/s1. The number of sulfonamides is 1. The average molecular weight is 626 g/mol. The van der Waals surface area contributed by atoms with Crippen LogP contribution >= 0.6 is 23.2 Å². The molecular weight excluding hydrogens is 590 g/mol. The largest absolute Gasteiger partial charge is 0.352 e. The summed E-state index contributed by atoms with van der Waals surface area (Å²) in [5.41, 5.74) is -0.938. The summed E-state index contributed by atoms with van der Waals surface area (Å²) in [4.78, 5) is 28.2. The van der Waals surface area contributed by atoms with E-state index in [-0.39, 0.29) is 28.0 Å². The summed E-state index contributed by atoms with van der Waals surface area (Å²) < 4.78 is 42.0. The molecule has 12 heteroatoms. The van der Waals surface area contributed by atoms with Crippen molar-refractivity contribution in [3.05, 3.63) is 63.4 Å². The highest BCUT2D eigenvalue weighted by Gasteiger charge is 2.66. The van der Waals surface area contributed by atoms with E-state index < -0.39 is 50.7 Å². The van der Waals surface area contributed by atoms with Crippen molar-refractivity contribution >= 4 is 50.7 Å². The normalized spacial score (nSPS) is 31.1. The molecule has 8 nitrogen and oxygen atoms in total. The van der Waals surface area contributed by atoms with Crippen LogP contribution in [0.5, 0.6) is 0 Å². The molecular formula is C29H35Cl2FN4O4S. The lowest BCUT2D eigenvalue weighted by Gasteiger charge is -2.45. The lowest BCUT2D eigenvalue weighted by Crippen LogP contribution is -2.63. The van der Waals surface area contributed by atoms with Crippen molar-refractivity contribution in [2.24, 2.45) is 5.41 Å². The van der Waals surface area contributed by atoms with Crippen LogP contribution < -0.4 is 20.7 Å². The van der Waals surface area contributed by atoms with Crippen LogP contribution in [-0.4, -0.2) is 50.2 Å². The number of carbonyl (C=O) groups excluding carboxylic acids is 2. The van der Waals surface area contributed by atoms with Crippen molar-refractivity contribution < 1.29 is 22.4 Å². The number of rotatable bonds is 6. The quantitative estimate of drug-likeness (QED) is 0.378. The lowest BCUT2D eigenvalue weighted by atomic mass is 9.62. The van der Waals surface area contributed by atoms with Crippen LogP contribution in [0.15, 0.2) is 36.4 Å². The summed E-state index contributed by atoms with van der Waals surface area (Å²) in [6.45, 7) is 7.92. The molecule has 2 fully saturated rings. The molecule has 0 radical (unpaired) electrons. The van der Waals surface area contributed by atoms with E-state index in [1.165, 1.54) is 6.07 Å². The Bertz CT molecular complexity index is 1520. The molecule has 5 rings (SSSR count). The van der Waals surface area contributed by atoms with Gasteiger partial charge >= 0.3 is 0 Å². The van der Waals surface area contributed by atoms with Gasteiger partial charge < -0.3 is 16.0 Å². The first-order valence-corrected chi connectivity index (χ1v) is 16.2. The fourth-order valence-electron chi connectivity index (χ4n) is 7.10. The van der Waals surface area contributed by atoms with Crippen LogP contribution in [0.3, 0.4) is 0 Å². The molecule has 4 N–H and O–H groups in total. The van der Waals surface area contributed by atoms with Crippen molar-refractivity contribution in [2.45, 2.75) is 82.0 Å². The molecule has 2 aromatic carbocycles. The lowest BCUT2D eigenvalue weighted by molar-refractivity contribution is -0.125. The minimum absolute atomic E-state index is 0.104. The number of nitrogens with one attached hydrogen (secondary N) is 4. The van der Waals surface area contributed by atoms with E-state index in [1.54, 1.807) is 37.3 Å². The fraction of sp³-hybridized carbons (Fsp3) is 0.517. The van der Waals surface area contributed by atoms with Gasteiger partial charge in [0.25, 0.3) is 0 Å². The van der Waals surface area contributed by atoms with Gasteiger partial charge in [-0.05, 0) is 60.9 Å². The van der Waals surface area contributed by atoms with E-state index in [0.717, 1.165) is 6.26 Å². The minimum atomic E-state index is -3.42. The first-order chi connectivity index (χ1) is 18.9. The van der Waals surface area contributed by atoms with Crippen LogP contribution in [0.2, 0.25) is 10.0 Å². The van der Waals surface area contributed by atoms with Gasteiger partial charge in [-0.3, -0.25) is 9.59 Å². The number of fused-ring (bicyclic) bond motifs is 2. The second-order valence-electron chi connectivity index (χ2n) is 13.1. The Morgan fingerprint density at radius 1 is 1.17 bits per heavy atom. The van der Waals surface area contributed by atoms with Crippen LogP contribution in [0.25, 0.3) is 0 Å². The smallest absolute Gasteiger partial charge is 0.238 e. The number of halogens is 3. The zero-order valence-corrected chi connectivity index (χ0v) is 25.9. The third-order valence-corrected chi connectivity index (χ3v) is 9.78. The first kappa shape index (κ1) is 30.2. The Morgan fingerprint density at radius 3 is 2.49 bits per heavy atom.